The summed E-state index contributed by atoms with van der Waals surface area (Å²) in [6.07, 6.45) is 1.08. The average molecular weight is 391 g/mol. The molecule has 7 heteroatoms. The van der Waals surface area contributed by atoms with Gasteiger partial charge >= 0.3 is 0 Å². The van der Waals surface area contributed by atoms with Gasteiger partial charge in [0.2, 0.25) is 15.9 Å². The Bertz CT molecular complexity index is 860. The Morgan fingerprint density at radius 2 is 1.67 bits per heavy atom. The summed E-state index contributed by atoms with van der Waals surface area (Å²) in [6.45, 7) is 6.27. The molecule has 0 bridgehead atoms. The Balaban J connectivity index is 2.12. The molecule has 27 heavy (non-hydrogen) atoms. The number of ether oxygens (including phenoxy) is 1. The molecule has 1 N–H and O–H groups in total. The monoisotopic (exact) mass is 390 g/mol. The van der Waals surface area contributed by atoms with Crippen LogP contribution in [0.15, 0.2) is 48.5 Å². The van der Waals surface area contributed by atoms with E-state index >= 15 is 0 Å². The zero-order valence-electron chi connectivity index (χ0n) is 16.1. The zero-order chi connectivity index (χ0) is 20.0. The maximum absolute atomic E-state index is 12.4. The maximum Gasteiger partial charge on any atom is 0.245 e. The van der Waals surface area contributed by atoms with Crippen molar-refractivity contribution >= 4 is 27.3 Å². The summed E-state index contributed by atoms with van der Waals surface area (Å²) in [4.78, 5) is 12.4. The number of sulfonamides is 1. The molecule has 0 aliphatic heterocycles. The van der Waals surface area contributed by atoms with E-state index in [1.165, 1.54) is 5.56 Å². The quantitative estimate of drug-likeness (QED) is 0.747. The molecule has 0 aliphatic carbocycles. The van der Waals surface area contributed by atoms with Crippen LogP contribution in [0.3, 0.4) is 0 Å². The van der Waals surface area contributed by atoms with E-state index < -0.39 is 15.9 Å². The number of carbonyl (C=O) groups is 1. The largest absolute Gasteiger partial charge is 0.494 e. The lowest BCUT2D eigenvalue weighted by Gasteiger charge is -2.22. The van der Waals surface area contributed by atoms with Crippen molar-refractivity contribution in [3.8, 4) is 5.75 Å². The van der Waals surface area contributed by atoms with Crippen LogP contribution >= 0.6 is 0 Å². The molecular weight excluding hydrogens is 364 g/mol. The highest BCUT2D eigenvalue weighted by atomic mass is 32.2. The summed E-state index contributed by atoms with van der Waals surface area (Å²) in [5.41, 5.74) is 2.20. The predicted molar refractivity (Wildman–Crippen MR) is 109 cm³/mol. The summed E-state index contributed by atoms with van der Waals surface area (Å²) in [5.74, 6) is 0.631. The van der Waals surface area contributed by atoms with Crippen LogP contribution in [0.5, 0.6) is 5.75 Å². The van der Waals surface area contributed by atoms with Crippen molar-refractivity contribution < 1.29 is 17.9 Å². The first-order valence-electron chi connectivity index (χ1n) is 8.81. The van der Waals surface area contributed by atoms with E-state index in [4.69, 9.17) is 4.74 Å². The molecule has 0 aliphatic rings. The Hall–Kier alpha value is -2.54. The Kier molecular flexibility index (Phi) is 6.85. The van der Waals surface area contributed by atoms with Crippen LogP contribution in [0.4, 0.5) is 11.4 Å². The Morgan fingerprint density at radius 3 is 2.15 bits per heavy atom. The van der Waals surface area contributed by atoms with Gasteiger partial charge in [-0.1, -0.05) is 26.0 Å². The van der Waals surface area contributed by atoms with E-state index in [9.17, 15) is 13.2 Å². The van der Waals surface area contributed by atoms with Gasteiger partial charge in [0.25, 0.3) is 0 Å². The highest BCUT2D eigenvalue weighted by Crippen LogP contribution is 2.22. The number of benzene rings is 2. The van der Waals surface area contributed by atoms with Crippen LogP contribution in [-0.4, -0.2) is 33.7 Å². The minimum Gasteiger partial charge on any atom is -0.494 e. The third-order valence-corrected chi connectivity index (χ3v) is 5.12. The maximum atomic E-state index is 12.4. The predicted octanol–water partition coefficient (Wildman–Crippen LogP) is 3.61. The second kappa shape index (κ2) is 8.90. The summed E-state index contributed by atoms with van der Waals surface area (Å²) < 4.78 is 30.8. The lowest BCUT2D eigenvalue weighted by Crippen LogP contribution is -2.37. The summed E-state index contributed by atoms with van der Waals surface area (Å²) >= 11 is 0. The molecule has 0 saturated carbocycles. The highest BCUT2D eigenvalue weighted by molar-refractivity contribution is 7.92. The summed E-state index contributed by atoms with van der Waals surface area (Å²) in [7, 11) is -3.62. The first-order valence-corrected chi connectivity index (χ1v) is 10.7. The normalized spacial score (nSPS) is 11.3. The average Bonchev–Trinajstić information content (AvgIpc) is 2.60. The van der Waals surface area contributed by atoms with Gasteiger partial charge in [0.05, 0.1) is 18.6 Å². The van der Waals surface area contributed by atoms with E-state index in [-0.39, 0.29) is 6.54 Å². The Morgan fingerprint density at radius 1 is 1.07 bits per heavy atom. The molecule has 146 valence electrons. The van der Waals surface area contributed by atoms with Crippen molar-refractivity contribution in [3.63, 3.8) is 0 Å². The van der Waals surface area contributed by atoms with E-state index in [0.717, 1.165) is 10.6 Å². The summed E-state index contributed by atoms with van der Waals surface area (Å²) in [5, 5.41) is 2.74. The van der Waals surface area contributed by atoms with Gasteiger partial charge in [0, 0.05) is 5.69 Å². The second-order valence-electron chi connectivity index (χ2n) is 6.52. The van der Waals surface area contributed by atoms with Crippen LogP contribution in [-0.2, 0) is 14.8 Å². The molecule has 2 aromatic carbocycles. The topological polar surface area (TPSA) is 75.7 Å². The number of anilines is 2. The van der Waals surface area contributed by atoms with Crippen molar-refractivity contribution in [3.05, 3.63) is 54.1 Å². The molecule has 6 nitrogen and oxygen atoms in total. The molecule has 0 radical (unpaired) electrons. The summed E-state index contributed by atoms with van der Waals surface area (Å²) in [6, 6.07) is 14.1. The minimum atomic E-state index is -3.62. The van der Waals surface area contributed by atoms with Gasteiger partial charge in [0.15, 0.2) is 0 Å². The van der Waals surface area contributed by atoms with Crippen LogP contribution in [0.2, 0.25) is 0 Å². The van der Waals surface area contributed by atoms with Crippen LogP contribution in [0.1, 0.15) is 32.3 Å². The number of rotatable bonds is 8. The number of nitrogens with one attached hydrogen (secondary N) is 1. The van der Waals surface area contributed by atoms with Gasteiger partial charge in [-0.3, -0.25) is 9.10 Å². The minimum absolute atomic E-state index is 0.307. The van der Waals surface area contributed by atoms with Crippen molar-refractivity contribution in [2.45, 2.75) is 26.7 Å². The third kappa shape index (κ3) is 5.99. The molecule has 0 aromatic heterocycles. The van der Waals surface area contributed by atoms with E-state index in [0.29, 0.717) is 29.6 Å². The fourth-order valence-electron chi connectivity index (χ4n) is 2.56. The molecular formula is C20H26N2O4S. The molecule has 1 amide bonds. The first kappa shape index (κ1) is 20.8. The molecule has 0 atom stereocenters. The van der Waals surface area contributed by atoms with E-state index in [2.05, 4.69) is 19.2 Å². The lowest BCUT2D eigenvalue weighted by atomic mass is 10.0. The SMILES string of the molecule is CCOc1ccc(N(CC(=O)Nc2ccc(C(C)C)cc2)S(C)(=O)=O)cc1. The van der Waals surface area contributed by atoms with Crippen molar-refractivity contribution in [2.24, 2.45) is 0 Å². The standard InChI is InChI=1S/C20H26N2O4S/c1-5-26-19-12-10-18(11-13-19)22(27(4,24)25)14-20(23)21-17-8-6-16(7-9-17)15(2)3/h6-13,15H,5,14H2,1-4H3,(H,21,23). The number of hydrogen-bond donors (Lipinski definition) is 1. The Labute approximate surface area is 161 Å². The van der Waals surface area contributed by atoms with E-state index in [1.54, 1.807) is 24.3 Å². The van der Waals surface area contributed by atoms with Crippen molar-refractivity contribution in [1.82, 2.24) is 0 Å². The lowest BCUT2D eigenvalue weighted by molar-refractivity contribution is -0.114. The van der Waals surface area contributed by atoms with Gasteiger partial charge in [-0.2, -0.15) is 0 Å². The van der Waals surface area contributed by atoms with Crippen molar-refractivity contribution in [2.75, 3.05) is 29.0 Å². The number of amides is 1. The van der Waals surface area contributed by atoms with Crippen LogP contribution in [0, 0.1) is 0 Å². The smallest absolute Gasteiger partial charge is 0.245 e. The molecule has 2 aromatic rings. The number of nitrogens with zero attached hydrogens (tertiary/aromatic N) is 1. The van der Waals surface area contributed by atoms with Crippen LogP contribution < -0.4 is 14.4 Å². The molecule has 0 spiro atoms. The third-order valence-electron chi connectivity index (χ3n) is 3.98. The first-order chi connectivity index (χ1) is 12.7. The molecule has 0 unspecified atom stereocenters. The van der Waals surface area contributed by atoms with Gasteiger partial charge in [-0.15, -0.1) is 0 Å². The zero-order valence-corrected chi connectivity index (χ0v) is 16.9. The van der Waals surface area contributed by atoms with Gasteiger partial charge in [-0.05, 0) is 54.8 Å². The molecule has 2 rings (SSSR count). The van der Waals surface area contributed by atoms with Crippen molar-refractivity contribution in [1.29, 1.82) is 0 Å². The fraction of sp³-hybridized carbons (Fsp3) is 0.350. The van der Waals surface area contributed by atoms with Gasteiger partial charge < -0.3 is 10.1 Å². The highest BCUT2D eigenvalue weighted by Gasteiger charge is 2.21. The second-order valence-corrected chi connectivity index (χ2v) is 8.43. The van der Waals surface area contributed by atoms with Gasteiger partial charge in [-0.25, -0.2) is 8.42 Å². The van der Waals surface area contributed by atoms with Gasteiger partial charge in [0.1, 0.15) is 12.3 Å². The molecule has 0 saturated heterocycles. The van der Waals surface area contributed by atoms with Crippen LogP contribution in [0.25, 0.3) is 0 Å². The number of hydrogen-bond acceptors (Lipinski definition) is 4. The van der Waals surface area contributed by atoms with E-state index in [1.807, 2.05) is 31.2 Å². The molecule has 0 fully saturated rings. The number of carbonyl (C=O) groups excluding carboxylic acids is 1. The fourth-order valence-corrected chi connectivity index (χ4v) is 3.41. The molecule has 0 heterocycles.